The highest BCUT2D eigenvalue weighted by Crippen LogP contribution is 2.38. The highest BCUT2D eigenvalue weighted by atomic mass is 32.1. The molecule has 1 amide bonds. The van der Waals surface area contributed by atoms with Gasteiger partial charge in [-0.05, 0) is 48.1 Å². The van der Waals surface area contributed by atoms with Gasteiger partial charge in [0.05, 0.1) is 13.3 Å². The summed E-state index contributed by atoms with van der Waals surface area (Å²) in [7, 11) is 1.31. The number of aryl methyl sites for hydroxylation is 1. The number of amides is 1. The molecule has 178 valence electrons. The maximum absolute atomic E-state index is 12.7. The first-order valence-corrected chi connectivity index (χ1v) is 12.2. The summed E-state index contributed by atoms with van der Waals surface area (Å²) in [6, 6.07) is 15.2. The molecule has 1 aromatic heterocycles. The number of thiazole rings is 1. The Hall–Kier alpha value is -3.39. The van der Waals surface area contributed by atoms with E-state index in [0.717, 1.165) is 41.9 Å². The predicted octanol–water partition coefficient (Wildman–Crippen LogP) is 5.32. The van der Waals surface area contributed by atoms with E-state index in [2.05, 4.69) is 22.4 Å². The number of carbonyl (C=O) groups excluding carboxylic acids is 2. The molecule has 0 bridgehead atoms. The Labute approximate surface area is 203 Å². The molecule has 7 nitrogen and oxygen atoms in total. The molecule has 1 N–H and O–H groups in total. The zero-order valence-corrected chi connectivity index (χ0v) is 20.3. The monoisotopic (exact) mass is 480 g/mol. The second kappa shape index (κ2) is 10.7. The van der Waals surface area contributed by atoms with Crippen molar-refractivity contribution >= 4 is 23.2 Å². The van der Waals surface area contributed by atoms with Gasteiger partial charge in [0.25, 0.3) is 11.1 Å². The molecule has 0 saturated carbocycles. The summed E-state index contributed by atoms with van der Waals surface area (Å²) < 4.78 is 16.9. The molecule has 34 heavy (non-hydrogen) atoms. The van der Waals surface area contributed by atoms with Crippen LogP contribution in [0, 0.1) is 5.92 Å². The fourth-order valence-corrected chi connectivity index (χ4v) is 4.54. The van der Waals surface area contributed by atoms with Crippen molar-refractivity contribution < 1.29 is 23.8 Å². The molecular weight excluding hydrogens is 452 g/mol. The first-order valence-electron chi connectivity index (χ1n) is 11.4. The van der Waals surface area contributed by atoms with Crippen molar-refractivity contribution in [2.45, 2.75) is 45.3 Å². The van der Waals surface area contributed by atoms with Crippen molar-refractivity contribution in [2.24, 2.45) is 5.92 Å². The summed E-state index contributed by atoms with van der Waals surface area (Å²) in [5.74, 6) is 0.585. The Morgan fingerprint density at radius 2 is 2.03 bits per heavy atom. The fourth-order valence-electron chi connectivity index (χ4n) is 3.85. The van der Waals surface area contributed by atoms with E-state index in [1.54, 1.807) is 0 Å². The number of esters is 1. The maximum atomic E-state index is 12.7. The summed E-state index contributed by atoms with van der Waals surface area (Å²) in [6.07, 6.45) is 3.99. The van der Waals surface area contributed by atoms with Crippen LogP contribution in [0.1, 0.15) is 53.6 Å². The summed E-state index contributed by atoms with van der Waals surface area (Å²) in [4.78, 5) is 29.3. The lowest BCUT2D eigenvalue weighted by Gasteiger charge is -2.26. The van der Waals surface area contributed by atoms with E-state index in [4.69, 9.17) is 14.2 Å². The average Bonchev–Trinajstić information content (AvgIpc) is 3.35. The zero-order valence-electron chi connectivity index (χ0n) is 19.4. The molecule has 4 rings (SSSR count). The van der Waals surface area contributed by atoms with Gasteiger partial charge in [-0.3, -0.25) is 4.79 Å². The van der Waals surface area contributed by atoms with E-state index in [0.29, 0.717) is 15.8 Å². The molecule has 3 unspecified atom stereocenters. The third-order valence-electron chi connectivity index (χ3n) is 6.02. The largest absolute Gasteiger partial charge is 0.485 e. The molecule has 2 aromatic carbocycles. The molecule has 3 atom stereocenters. The number of methoxy groups -OCH3 is 1. The van der Waals surface area contributed by atoms with Crippen LogP contribution in [-0.2, 0) is 16.0 Å². The van der Waals surface area contributed by atoms with Crippen molar-refractivity contribution in [3.63, 3.8) is 0 Å². The molecule has 0 radical (unpaired) electrons. The molecule has 2 heterocycles. The second-order valence-electron chi connectivity index (χ2n) is 8.28. The van der Waals surface area contributed by atoms with Crippen molar-refractivity contribution in [1.29, 1.82) is 0 Å². The van der Waals surface area contributed by atoms with Crippen molar-refractivity contribution in [3.05, 3.63) is 70.7 Å². The summed E-state index contributed by atoms with van der Waals surface area (Å²) in [5.41, 5.74) is 2.25. The van der Waals surface area contributed by atoms with Crippen molar-refractivity contribution in [3.8, 4) is 16.7 Å². The SMILES string of the molecule is CCC(C)C(NC(=O)c1cnc(Oc2ccc3c(c2)CCC(c2ccccc2)O3)s1)C(=O)OC. The van der Waals surface area contributed by atoms with E-state index in [9.17, 15) is 9.59 Å². The summed E-state index contributed by atoms with van der Waals surface area (Å²) >= 11 is 1.12. The number of aromatic nitrogens is 1. The minimum atomic E-state index is -0.714. The van der Waals surface area contributed by atoms with Gasteiger partial charge >= 0.3 is 5.97 Å². The number of rotatable bonds is 8. The number of ether oxygens (including phenoxy) is 3. The first-order chi connectivity index (χ1) is 16.5. The van der Waals surface area contributed by atoms with Crippen LogP contribution in [0.25, 0.3) is 0 Å². The number of benzene rings is 2. The van der Waals surface area contributed by atoms with Gasteiger partial charge in [0, 0.05) is 0 Å². The van der Waals surface area contributed by atoms with Crippen LogP contribution in [0.5, 0.6) is 16.7 Å². The Balaban J connectivity index is 1.40. The number of fused-ring (bicyclic) bond motifs is 1. The van der Waals surface area contributed by atoms with E-state index < -0.39 is 12.0 Å². The minimum Gasteiger partial charge on any atom is -0.485 e. The lowest BCUT2D eigenvalue weighted by Crippen LogP contribution is -2.45. The van der Waals surface area contributed by atoms with Crippen molar-refractivity contribution in [2.75, 3.05) is 7.11 Å². The van der Waals surface area contributed by atoms with Crippen LogP contribution in [0.2, 0.25) is 0 Å². The topological polar surface area (TPSA) is 86.8 Å². The highest BCUT2D eigenvalue weighted by molar-refractivity contribution is 7.15. The van der Waals surface area contributed by atoms with Crippen LogP contribution in [0.3, 0.4) is 0 Å². The standard InChI is InChI=1S/C26H28N2O5S/c1-4-16(2)23(25(30)31-3)28-24(29)22-15-27-26(34-22)32-19-11-13-21-18(14-19)10-12-20(33-21)17-8-6-5-7-9-17/h5-9,11,13-16,20,23H,4,10,12H2,1-3H3,(H,28,29). The molecule has 0 saturated heterocycles. The predicted molar refractivity (Wildman–Crippen MR) is 129 cm³/mol. The quantitative estimate of drug-likeness (QED) is 0.439. The normalized spacial score (nSPS) is 16.5. The van der Waals surface area contributed by atoms with Gasteiger partial charge in [-0.2, -0.15) is 0 Å². The number of nitrogens with one attached hydrogen (secondary N) is 1. The van der Waals surface area contributed by atoms with E-state index in [-0.39, 0.29) is 17.9 Å². The fraction of sp³-hybridized carbons (Fsp3) is 0.346. The van der Waals surface area contributed by atoms with Crippen LogP contribution >= 0.6 is 11.3 Å². The maximum Gasteiger partial charge on any atom is 0.328 e. The molecule has 0 aliphatic carbocycles. The molecular formula is C26H28N2O5S. The third kappa shape index (κ3) is 5.39. The Morgan fingerprint density at radius 3 is 2.76 bits per heavy atom. The van der Waals surface area contributed by atoms with Gasteiger partial charge in [0.2, 0.25) is 0 Å². The van der Waals surface area contributed by atoms with Crippen LogP contribution < -0.4 is 14.8 Å². The Morgan fingerprint density at radius 1 is 1.24 bits per heavy atom. The van der Waals surface area contributed by atoms with Gasteiger partial charge in [0.15, 0.2) is 0 Å². The second-order valence-corrected chi connectivity index (χ2v) is 9.27. The number of hydrogen-bond donors (Lipinski definition) is 1. The van der Waals surface area contributed by atoms with E-state index in [1.165, 1.54) is 18.9 Å². The Kier molecular flexibility index (Phi) is 7.47. The minimum absolute atomic E-state index is 0.0461. The smallest absolute Gasteiger partial charge is 0.328 e. The zero-order chi connectivity index (χ0) is 24.1. The van der Waals surface area contributed by atoms with Crippen LogP contribution in [0.15, 0.2) is 54.7 Å². The third-order valence-corrected chi connectivity index (χ3v) is 6.89. The molecule has 8 heteroatoms. The number of nitrogens with zero attached hydrogens (tertiary/aromatic N) is 1. The number of carbonyl (C=O) groups is 2. The van der Waals surface area contributed by atoms with Crippen LogP contribution in [-0.4, -0.2) is 30.0 Å². The molecule has 1 aliphatic rings. The summed E-state index contributed by atoms with van der Waals surface area (Å²) in [5, 5.41) is 3.10. The molecule has 1 aliphatic heterocycles. The first kappa shape index (κ1) is 23.8. The molecule has 3 aromatic rings. The van der Waals surface area contributed by atoms with Gasteiger partial charge in [-0.25, -0.2) is 9.78 Å². The summed E-state index contributed by atoms with van der Waals surface area (Å²) in [6.45, 7) is 3.85. The lowest BCUT2D eigenvalue weighted by atomic mass is 9.97. The lowest BCUT2D eigenvalue weighted by molar-refractivity contribution is -0.144. The van der Waals surface area contributed by atoms with Gasteiger partial charge < -0.3 is 19.5 Å². The van der Waals surface area contributed by atoms with E-state index in [1.807, 2.05) is 50.2 Å². The average molecular weight is 481 g/mol. The van der Waals surface area contributed by atoms with Gasteiger partial charge in [-0.1, -0.05) is 61.9 Å². The number of hydrogen-bond acceptors (Lipinski definition) is 7. The van der Waals surface area contributed by atoms with E-state index >= 15 is 0 Å². The van der Waals surface area contributed by atoms with Crippen LogP contribution in [0.4, 0.5) is 0 Å². The van der Waals surface area contributed by atoms with Gasteiger partial charge in [0.1, 0.15) is 28.5 Å². The molecule has 0 fully saturated rings. The van der Waals surface area contributed by atoms with Crippen molar-refractivity contribution in [1.82, 2.24) is 10.3 Å². The van der Waals surface area contributed by atoms with Gasteiger partial charge in [-0.15, -0.1) is 0 Å². The molecule has 0 spiro atoms. The highest BCUT2D eigenvalue weighted by Gasteiger charge is 2.28. The Bertz CT molecular complexity index is 1150.